The number of imide groups is 3. The average Bonchev–Trinajstić information content (AvgIpc) is 2.04. The van der Waals surface area contributed by atoms with Crippen molar-refractivity contribution < 1.29 is 19.1 Å². The van der Waals surface area contributed by atoms with Crippen LogP contribution >= 0.6 is 0 Å². The molecule has 1 aliphatic rings. The summed E-state index contributed by atoms with van der Waals surface area (Å²) in [6, 6.07) is 0. The molecule has 0 aromatic carbocycles. The Bertz CT molecular complexity index is 233. The van der Waals surface area contributed by atoms with Gasteiger partial charge in [-0.25, -0.2) is 4.79 Å². The number of hydrogen-bond acceptors (Lipinski definition) is 4. The van der Waals surface area contributed by atoms with Gasteiger partial charge in [0.15, 0.2) is 0 Å². The van der Waals surface area contributed by atoms with Crippen molar-refractivity contribution in [2.45, 2.75) is 26.2 Å². The van der Waals surface area contributed by atoms with Gasteiger partial charge in [-0.05, 0) is 13.3 Å². The Morgan fingerprint density at radius 2 is 1.92 bits per heavy atom. The van der Waals surface area contributed by atoms with Gasteiger partial charge in [-0.3, -0.25) is 9.59 Å². The van der Waals surface area contributed by atoms with Crippen LogP contribution in [0.15, 0.2) is 0 Å². The van der Waals surface area contributed by atoms with Gasteiger partial charge in [-0.2, -0.15) is 4.90 Å². The Balaban J connectivity index is 2.68. The predicted molar refractivity (Wildman–Crippen MR) is 42.7 cm³/mol. The Morgan fingerprint density at radius 1 is 1.38 bits per heavy atom. The van der Waals surface area contributed by atoms with Crippen molar-refractivity contribution >= 4 is 17.9 Å². The highest BCUT2D eigenvalue weighted by molar-refractivity contribution is 6.10. The first-order chi connectivity index (χ1) is 6.16. The van der Waals surface area contributed by atoms with Crippen molar-refractivity contribution in [1.82, 2.24) is 4.90 Å². The molecular formula is C8H11NO4. The van der Waals surface area contributed by atoms with E-state index >= 15 is 0 Å². The molecule has 1 aliphatic heterocycles. The van der Waals surface area contributed by atoms with Crippen molar-refractivity contribution in [2.75, 3.05) is 6.61 Å². The minimum Gasteiger partial charge on any atom is -0.449 e. The summed E-state index contributed by atoms with van der Waals surface area (Å²) in [6.45, 7) is 1.78. The third-order valence-corrected chi connectivity index (χ3v) is 1.73. The number of amides is 3. The van der Waals surface area contributed by atoms with Crippen LogP contribution in [0.1, 0.15) is 26.2 Å². The maximum absolute atomic E-state index is 11.1. The SMILES string of the molecule is CCOC(=O)N1C(=O)CCCC1=O. The molecule has 72 valence electrons. The van der Waals surface area contributed by atoms with E-state index in [2.05, 4.69) is 4.74 Å². The summed E-state index contributed by atoms with van der Waals surface area (Å²) in [7, 11) is 0. The summed E-state index contributed by atoms with van der Waals surface area (Å²) in [4.78, 5) is 33.9. The third-order valence-electron chi connectivity index (χ3n) is 1.73. The summed E-state index contributed by atoms with van der Waals surface area (Å²) in [5.74, 6) is -0.926. The van der Waals surface area contributed by atoms with Crippen LogP contribution < -0.4 is 0 Å². The van der Waals surface area contributed by atoms with Crippen molar-refractivity contribution in [3.8, 4) is 0 Å². The van der Waals surface area contributed by atoms with Gasteiger partial charge in [-0.15, -0.1) is 0 Å². The van der Waals surface area contributed by atoms with E-state index in [0.717, 1.165) is 0 Å². The number of hydrogen-bond donors (Lipinski definition) is 0. The minimum absolute atomic E-state index is 0.163. The molecule has 1 saturated heterocycles. The summed E-state index contributed by atoms with van der Waals surface area (Å²) < 4.78 is 4.57. The number of rotatable bonds is 1. The molecule has 5 nitrogen and oxygen atoms in total. The van der Waals surface area contributed by atoms with Gasteiger partial charge in [0, 0.05) is 12.8 Å². The second-order valence-corrected chi connectivity index (χ2v) is 2.68. The van der Waals surface area contributed by atoms with E-state index in [9.17, 15) is 14.4 Å². The average molecular weight is 185 g/mol. The van der Waals surface area contributed by atoms with E-state index in [1.165, 1.54) is 0 Å². The van der Waals surface area contributed by atoms with Crippen molar-refractivity contribution in [1.29, 1.82) is 0 Å². The van der Waals surface area contributed by atoms with Crippen LogP contribution in [0.4, 0.5) is 4.79 Å². The van der Waals surface area contributed by atoms with Gasteiger partial charge in [0.05, 0.1) is 6.61 Å². The number of likely N-dealkylation sites (tertiary alicyclic amines) is 1. The second-order valence-electron chi connectivity index (χ2n) is 2.68. The molecule has 5 heteroatoms. The highest BCUT2D eigenvalue weighted by Gasteiger charge is 2.32. The van der Waals surface area contributed by atoms with Crippen LogP contribution in [0.25, 0.3) is 0 Å². The molecule has 0 aliphatic carbocycles. The molecule has 0 aromatic rings. The fraction of sp³-hybridized carbons (Fsp3) is 0.625. The number of carbonyl (C=O) groups excluding carboxylic acids is 3. The second kappa shape index (κ2) is 4.02. The van der Waals surface area contributed by atoms with E-state index in [1.54, 1.807) is 6.92 Å². The Labute approximate surface area is 75.6 Å². The van der Waals surface area contributed by atoms with Crippen LogP contribution in [-0.4, -0.2) is 29.4 Å². The lowest BCUT2D eigenvalue weighted by atomic mass is 10.1. The molecule has 0 saturated carbocycles. The zero-order valence-corrected chi connectivity index (χ0v) is 7.41. The van der Waals surface area contributed by atoms with Crippen LogP contribution in [-0.2, 0) is 14.3 Å². The maximum Gasteiger partial charge on any atom is 0.423 e. The topological polar surface area (TPSA) is 63.7 Å². The van der Waals surface area contributed by atoms with E-state index in [0.29, 0.717) is 11.3 Å². The molecule has 0 atom stereocenters. The van der Waals surface area contributed by atoms with E-state index in [1.807, 2.05) is 0 Å². The highest BCUT2D eigenvalue weighted by Crippen LogP contribution is 2.13. The molecule has 0 radical (unpaired) electrons. The van der Waals surface area contributed by atoms with Crippen LogP contribution in [0.3, 0.4) is 0 Å². The smallest absolute Gasteiger partial charge is 0.423 e. The molecule has 1 fully saturated rings. The van der Waals surface area contributed by atoms with E-state index < -0.39 is 17.9 Å². The molecule has 0 spiro atoms. The lowest BCUT2D eigenvalue weighted by Gasteiger charge is -2.21. The first-order valence-electron chi connectivity index (χ1n) is 4.19. The molecule has 0 N–H and O–H groups in total. The largest absolute Gasteiger partial charge is 0.449 e. The number of piperidine rings is 1. The molecule has 3 amide bonds. The zero-order chi connectivity index (χ0) is 9.84. The molecule has 0 unspecified atom stereocenters. The van der Waals surface area contributed by atoms with Crippen LogP contribution in [0.5, 0.6) is 0 Å². The van der Waals surface area contributed by atoms with Crippen molar-refractivity contribution in [3.63, 3.8) is 0 Å². The number of ether oxygens (including phenoxy) is 1. The first-order valence-corrected chi connectivity index (χ1v) is 4.19. The van der Waals surface area contributed by atoms with Gasteiger partial charge in [0.2, 0.25) is 11.8 Å². The molecule has 0 bridgehead atoms. The molecule has 13 heavy (non-hydrogen) atoms. The van der Waals surface area contributed by atoms with Gasteiger partial charge in [0.25, 0.3) is 0 Å². The molecule has 1 rings (SSSR count). The summed E-state index contributed by atoms with van der Waals surface area (Å²) in [6.07, 6.45) is 0.153. The third kappa shape index (κ3) is 2.05. The monoisotopic (exact) mass is 185 g/mol. The summed E-state index contributed by atoms with van der Waals surface area (Å²) >= 11 is 0. The van der Waals surface area contributed by atoms with Crippen molar-refractivity contribution in [2.24, 2.45) is 0 Å². The number of carbonyl (C=O) groups is 3. The Hall–Kier alpha value is -1.39. The number of nitrogens with zero attached hydrogens (tertiary/aromatic N) is 1. The van der Waals surface area contributed by atoms with Crippen molar-refractivity contribution in [3.05, 3.63) is 0 Å². The van der Waals surface area contributed by atoms with E-state index in [4.69, 9.17) is 0 Å². The van der Waals surface area contributed by atoms with Gasteiger partial charge >= 0.3 is 6.09 Å². The van der Waals surface area contributed by atoms with Gasteiger partial charge in [0.1, 0.15) is 0 Å². The molecule has 1 heterocycles. The highest BCUT2D eigenvalue weighted by atomic mass is 16.6. The van der Waals surface area contributed by atoms with E-state index in [-0.39, 0.29) is 19.4 Å². The van der Waals surface area contributed by atoms with Gasteiger partial charge in [-0.1, -0.05) is 0 Å². The van der Waals surface area contributed by atoms with Gasteiger partial charge < -0.3 is 4.74 Å². The zero-order valence-electron chi connectivity index (χ0n) is 7.41. The summed E-state index contributed by atoms with van der Waals surface area (Å²) in [5.41, 5.74) is 0. The fourth-order valence-electron chi connectivity index (χ4n) is 1.15. The standard InChI is InChI=1S/C8H11NO4/c1-2-13-8(12)9-6(10)4-3-5-7(9)11/h2-5H2,1H3. The first kappa shape index (κ1) is 9.70. The summed E-state index contributed by atoms with van der Waals surface area (Å²) in [5, 5.41) is 0. The maximum atomic E-state index is 11.1. The molecule has 0 aromatic heterocycles. The Kier molecular flexibility index (Phi) is 3.00. The lowest BCUT2D eigenvalue weighted by Crippen LogP contribution is -2.44. The van der Waals surface area contributed by atoms with Crippen LogP contribution in [0.2, 0.25) is 0 Å². The van der Waals surface area contributed by atoms with Crippen LogP contribution in [0, 0.1) is 0 Å². The molecular weight excluding hydrogens is 174 g/mol. The Morgan fingerprint density at radius 3 is 2.38 bits per heavy atom. The fourth-order valence-corrected chi connectivity index (χ4v) is 1.15. The lowest BCUT2D eigenvalue weighted by molar-refractivity contribution is -0.145. The predicted octanol–water partition coefficient (Wildman–Crippen LogP) is 0.682. The minimum atomic E-state index is -0.850. The quantitative estimate of drug-likeness (QED) is 0.563. The normalized spacial score (nSPS) is 17.5.